The van der Waals surface area contributed by atoms with Crippen molar-refractivity contribution in [3.05, 3.63) is 23.7 Å². The minimum atomic E-state index is -0.577. The summed E-state index contributed by atoms with van der Waals surface area (Å²) in [5.74, 6) is 0.854. The Labute approximate surface area is 153 Å². The Morgan fingerprint density at radius 3 is 2.78 bits per heavy atom. The fourth-order valence-corrected chi connectivity index (χ4v) is 2.34. The van der Waals surface area contributed by atoms with E-state index in [0.717, 1.165) is 26.0 Å². The summed E-state index contributed by atoms with van der Waals surface area (Å²) in [7, 11) is 0. The van der Waals surface area contributed by atoms with Crippen LogP contribution in [-0.4, -0.2) is 37.2 Å². The van der Waals surface area contributed by atoms with Gasteiger partial charge in [0.2, 0.25) is 0 Å². The highest BCUT2D eigenvalue weighted by Crippen LogP contribution is 2.23. The topological polar surface area (TPSA) is 102 Å². The van der Waals surface area contributed by atoms with Crippen molar-refractivity contribution in [2.24, 2.45) is 10.7 Å². The predicted molar refractivity (Wildman–Crippen MR) is 99.1 cm³/mol. The van der Waals surface area contributed by atoms with E-state index < -0.39 is 5.91 Å². The Morgan fingerprint density at radius 2 is 2.22 bits per heavy atom. The van der Waals surface area contributed by atoms with Gasteiger partial charge in [0.25, 0.3) is 5.91 Å². The van der Waals surface area contributed by atoms with E-state index in [1.165, 1.54) is 0 Å². The lowest BCUT2D eigenvalue weighted by Gasteiger charge is -2.24. The molecular formula is C15H25IN4O3. The Morgan fingerprint density at radius 1 is 1.43 bits per heavy atom. The SMILES string of the molecule is CCNC(=NCc1ccc(C(N)=O)o1)NCC1(C)CCCO1.I. The number of aliphatic imine (C=N–C) groups is 1. The summed E-state index contributed by atoms with van der Waals surface area (Å²) in [4.78, 5) is 15.4. The number of nitrogens with one attached hydrogen (secondary N) is 2. The van der Waals surface area contributed by atoms with Crippen molar-refractivity contribution in [1.29, 1.82) is 0 Å². The molecule has 1 aromatic heterocycles. The third-order valence-electron chi connectivity index (χ3n) is 3.57. The number of ether oxygens (including phenoxy) is 1. The van der Waals surface area contributed by atoms with Crippen LogP contribution in [0.1, 0.15) is 43.0 Å². The van der Waals surface area contributed by atoms with Gasteiger partial charge in [-0.15, -0.1) is 24.0 Å². The predicted octanol–water partition coefficient (Wildman–Crippen LogP) is 1.62. The zero-order valence-corrected chi connectivity index (χ0v) is 15.9. The highest BCUT2D eigenvalue weighted by molar-refractivity contribution is 14.0. The molecule has 130 valence electrons. The molecule has 7 nitrogen and oxygen atoms in total. The first kappa shape index (κ1) is 19.8. The number of furan rings is 1. The first-order chi connectivity index (χ1) is 10.5. The lowest BCUT2D eigenvalue weighted by atomic mass is 10.0. The van der Waals surface area contributed by atoms with Crippen LogP contribution in [0.25, 0.3) is 0 Å². The molecule has 1 fully saturated rings. The second-order valence-corrected chi connectivity index (χ2v) is 5.58. The lowest BCUT2D eigenvalue weighted by Crippen LogP contribution is -2.45. The fourth-order valence-electron chi connectivity index (χ4n) is 2.34. The number of nitrogens with two attached hydrogens (primary N) is 1. The molecule has 2 rings (SSSR count). The minimum absolute atomic E-state index is 0. The Hall–Kier alpha value is -1.29. The third kappa shape index (κ3) is 6.02. The molecule has 0 saturated carbocycles. The molecular weight excluding hydrogens is 411 g/mol. The molecule has 0 aromatic carbocycles. The van der Waals surface area contributed by atoms with E-state index in [2.05, 4.69) is 22.5 Å². The summed E-state index contributed by atoms with van der Waals surface area (Å²) in [6.07, 6.45) is 2.13. The van der Waals surface area contributed by atoms with Crippen LogP contribution in [0, 0.1) is 0 Å². The molecule has 1 aromatic rings. The first-order valence-corrected chi connectivity index (χ1v) is 7.57. The van der Waals surface area contributed by atoms with E-state index >= 15 is 0 Å². The van der Waals surface area contributed by atoms with Gasteiger partial charge in [0.15, 0.2) is 11.7 Å². The summed E-state index contributed by atoms with van der Waals surface area (Å²) in [5.41, 5.74) is 5.02. The van der Waals surface area contributed by atoms with E-state index in [1.54, 1.807) is 12.1 Å². The van der Waals surface area contributed by atoms with Crippen molar-refractivity contribution in [2.75, 3.05) is 19.7 Å². The molecule has 2 heterocycles. The molecule has 1 saturated heterocycles. The standard InChI is InChI=1S/C15H24N4O3.HI/c1-3-17-14(19-10-15(2)7-4-8-21-15)18-9-11-5-6-12(22-11)13(16)20;/h5-6H,3-4,7-10H2,1-2H3,(H2,16,20)(H2,17,18,19);1H. The van der Waals surface area contributed by atoms with E-state index in [4.69, 9.17) is 14.9 Å². The van der Waals surface area contributed by atoms with Gasteiger partial charge in [-0.05, 0) is 38.8 Å². The zero-order chi connectivity index (χ0) is 16.0. The first-order valence-electron chi connectivity index (χ1n) is 7.57. The molecule has 1 unspecified atom stereocenters. The van der Waals surface area contributed by atoms with Gasteiger partial charge in [0.05, 0.1) is 5.60 Å². The van der Waals surface area contributed by atoms with Crippen molar-refractivity contribution in [2.45, 2.75) is 38.8 Å². The number of amides is 1. The van der Waals surface area contributed by atoms with Crippen molar-refractivity contribution in [3.8, 4) is 0 Å². The van der Waals surface area contributed by atoms with Crippen LogP contribution in [0.3, 0.4) is 0 Å². The van der Waals surface area contributed by atoms with E-state index in [9.17, 15) is 4.79 Å². The minimum Gasteiger partial charge on any atom is -0.454 e. The average Bonchev–Trinajstić information content (AvgIpc) is 3.11. The maximum Gasteiger partial charge on any atom is 0.284 e. The van der Waals surface area contributed by atoms with Crippen LogP contribution in [0.2, 0.25) is 0 Å². The second-order valence-electron chi connectivity index (χ2n) is 5.58. The molecule has 1 atom stereocenters. The van der Waals surface area contributed by atoms with E-state index in [-0.39, 0.29) is 35.3 Å². The molecule has 0 bridgehead atoms. The molecule has 0 aliphatic carbocycles. The highest BCUT2D eigenvalue weighted by Gasteiger charge is 2.29. The van der Waals surface area contributed by atoms with Crippen LogP contribution in [0.15, 0.2) is 21.5 Å². The number of halogens is 1. The van der Waals surface area contributed by atoms with Crippen molar-refractivity contribution >= 4 is 35.8 Å². The van der Waals surface area contributed by atoms with Gasteiger partial charge in [0, 0.05) is 19.7 Å². The Kier molecular flexibility index (Phi) is 7.83. The van der Waals surface area contributed by atoms with Gasteiger partial charge < -0.3 is 25.5 Å². The van der Waals surface area contributed by atoms with Gasteiger partial charge in [-0.25, -0.2) is 4.99 Å². The van der Waals surface area contributed by atoms with Crippen LogP contribution < -0.4 is 16.4 Å². The van der Waals surface area contributed by atoms with Gasteiger partial charge in [-0.2, -0.15) is 0 Å². The van der Waals surface area contributed by atoms with Gasteiger partial charge in [-0.1, -0.05) is 0 Å². The normalized spacial score (nSPS) is 20.9. The molecule has 1 amide bonds. The van der Waals surface area contributed by atoms with E-state index in [0.29, 0.717) is 24.8 Å². The quantitative estimate of drug-likeness (QED) is 0.358. The zero-order valence-electron chi connectivity index (χ0n) is 13.6. The summed E-state index contributed by atoms with van der Waals surface area (Å²) < 4.78 is 11.1. The number of carbonyl (C=O) groups is 1. The maximum atomic E-state index is 11.0. The van der Waals surface area contributed by atoms with Crippen LogP contribution >= 0.6 is 24.0 Å². The van der Waals surface area contributed by atoms with E-state index in [1.807, 2.05) is 6.92 Å². The van der Waals surface area contributed by atoms with Crippen molar-refractivity contribution < 1.29 is 13.9 Å². The summed E-state index contributed by atoms with van der Waals surface area (Å²) in [6, 6.07) is 3.26. The van der Waals surface area contributed by atoms with Crippen LogP contribution in [0.4, 0.5) is 0 Å². The Bertz CT molecular complexity index is 539. The molecule has 4 N–H and O–H groups in total. The third-order valence-corrected chi connectivity index (χ3v) is 3.57. The number of nitrogens with zero attached hydrogens (tertiary/aromatic N) is 1. The summed E-state index contributed by atoms with van der Waals surface area (Å²) in [6.45, 7) is 6.71. The second kappa shape index (κ2) is 9.11. The Balaban J connectivity index is 0.00000264. The molecule has 8 heteroatoms. The molecule has 0 radical (unpaired) electrons. The number of primary amides is 1. The number of rotatable bonds is 6. The number of hydrogen-bond donors (Lipinski definition) is 3. The summed E-state index contributed by atoms with van der Waals surface area (Å²) in [5, 5.41) is 6.46. The van der Waals surface area contributed by atoms with Gasteiger partial charge in [0.1, 0.15) is 12.3 Å². The highest BCUT2D eigenvalue weighted by atomic mass is 127. The fraction of sp³-hybridized carbons (Fsp3) is 0.600. The monoisotopic (exact) mass is 436 g/mol. The number of hydrogen-bond acceptors (Lipinski definition) is 4. The lowest BCUT2D eigenvalue weighted by molar-refractivity contribution is 0.0242. The van der Waals surface area contributed by atoms with Crippen LogP contribution in [0.5, 0.6) is 0 Å². The number of carbonyl (C=O) groups excluding carboxylic acids is 1. The average molecular weight is 436 g/mol. The van der Waals surface area contributed by atoms with Crippen molar-refractivity contribution in [1.82, 2.24) is 10.6 Å². The molecule has 23 heavy (non-hydrogen) atoms. The van der Waals surface area contributed by atoms with Gasteiger partial charge in [-0.3, -0.25) is 4.79 Å². The molecule has 1 aliphatic rings. The number of guanidine groups is 1. The molecule has 0 spiro atoms. The van der Waals surface area contributed by atoms with Crippen LogP contribution in [-0.2, 0) is 11.3 Å². The van der Waals surface area contributed by atoms with Gasteiger partial charge >= 0.3 is 0 Å². The smallest absolute Gasteiger partial charge is 0.284 e. The maximum absolute atomic E-state index is 11.0. The summed E-state index contributed by atoms with van der Waals surface area (Å²) >= 11 is 0. The molecule has 1 aliphatic heterocycles. The largest absolute Gasteiger partial charge is 0.454 e. The van der Waals surface area contributed by atoms with Crippen molar-refractivity contribution in [3.63, 3.8) is 0 Å².